The van der Waals surface area contributed by atoms with Crippen molar-refractivity contribution in [1.82, 2.24) is 4.90 Å². The van der Waals surface area contributed by atoms with Crippen molar-refractivity contribution in [3.05, 3.63) is 27.7 Å². The minimum absolute atomic E-state index is 0.0435. The van der Waals surface area contributed by atoms with Gasteiger partial charge in [-0.25, -0.2) is 0 Å². The molecule has 1 saturated heterocycles. The van der Waals surface area contributed by atoms with Crippen molar-refractivity contribution in [3.8, 4) is 0 Å². The van der Waals surface area contributed by atoms with Gasteiger partial charge in [0.05, 0.1) is 35.0 Å². The number of anilines is 1. The van der Waals surface area contributed by atoms with Gasteiger partial charge in [0.2, 0.25) is 0 Å². The maximum absolute atomic E-state index is 12.3. The highest BCUT2D eigenvalue weighted by Gasteiger charge is 2.25. The van der Waals surface area contributed by atoms with Crippen LogP contribution >= 0.6 is 23.2 Å². The molecule has 1 atom stereocenters. The summed E-state index contributed by atoms with van der Waals surface area (Å²) in [4.78, 5) is 14.1. The van der Waals surface area contributed by atoms with Gasteiger partial charge in [-0.05, 0) is 19.1 Å². The molecule has 2 rings (SSSR count). The van der Waals surface area contributed by atoms with E-state index in [0.717, 1.165) is 0 Å². The highest BCUT2D eigenvalue weighted by molar-refractivity contribution is 6.43. The number of carbonyl (C=O) groups is 1. The van der Waals surface area contributed by atoms with Gasteiger partial charge in [0.25, 0.3) is 5.91 Å². The summed E-state index contributed by atoms with van der Waals surface area (Å²) in [6.45, 7) is 3.60. The Morgan fingerprint density at radius 2 is 2.22 bits per heavy atom. The number of nitrogens with zero attached hydrogens (tertiary/aromatic N) is 1. The summed E-state index contributed by atoms with van der Waals surface area (Å²) in [6, 6.07) is 3.14. The third-order valence-electron chi connectivity index (χ3n) is 2.93. The van der Waals surface area contributed by atoms with E-state index in [1.807, 2.05) is 6.92 Å². The summed E-state index contributed by atoms with van der Waals surface area (Å²) >= 11 is 11.8. The average molecular weight is 289 g/mol. The van der Waals surface area contributed by atoms with Gasteiger partial charge in [0.15, 0.2) is 0 Å². The second-order valence-electron chi connectivity index (χ2n) is 4.28. The minimum Gasteiger partial charge on any atom is -0.397 e. The number of carbonyl (C=O) groups excluding carboxylic acids is 1. The van der Waals surface area contributed by atoms with Gasteiger partial charge in [-0.2, -0.15) is 0 Å². The second kappa shape index (κ2) is 5.34. The predicted molar refractivity (Wildman–Crippen MR) is 72.2 cm³/mol. The normalized spacial score (nSPS) is 19.9. The van der Waals surface area contributed by atoms with E-state index in [-0.39, 0.29) is 17.0 Å². The minimum atomic E-state index is -0.101. The molecule has 0 saturated carbocycles. The first-order valence-corrected chi connectivity index (χ1v) is 6.39. The Labute approximate surface area is 116 Å². The van der Waals surface area contributed by atoms with Crippen LogP contribution in [0, 0.1) is 0 Å². The van der Waals surface area contributed by atoms with Gasteiger partial charge >= 0.3 is 0 Å². The van der Waals surface area contributed by atoms with Crippen LogP contribution in [0.1, 0.15) is 17.3 Å². The SMILES string of the molecule is CC1COCCN1C(=O)c1cc(N)c(Cl)c(Cl)c1. The number of ether oxygens (including phenoxy) is 1. The highest BCUT2D eigenvalue weighted by atomic mass is 35.5. The zero-order valence-electron chi connectivity index (χ0n) is 9.95. The molecule has 1 amide bonds. The van der Waals surface area contributed by atoms with Crippen molar-refractivity contribution in [2.75, 3.05) is 25.5 Å². The summed E-state index contributed by atoms with van der Waals surface area (Å²) in [5.74, 6) is -0.101. The van der Waals surface area contributed by atoms with Crippen molar-refractivity contribution in [1.29, 1.82) is 0 Å². The first kappa shape index (κ1) is 13.5. The molecule has 98 valence electrons. The molecule has 0 spiro atoms. The lowest BCUT2D eigenvalue weighted by Crippen LogP contribution is -2.47. The van der Waals surface area contributed by atoms with Gasteiger partial charge in [0, 0.05) is 12.1 Å². The van der Waals surface area contributed by atoms with Crippen LogP contribution in [-0.4, -0.2) is 36.6 Å². The summed E-state index contributed by atoms with van der Waals surface area (Å²) in [5, 5.41) is 0.573. The number of rotatable bonds is 1. The molecular weight excluding hydrogens is 275 g/mol. The summed E-state index contributed by atoms with van der Waals surface area (Å²) in [7, 11) is 0. The van der Waals surface area contributed by atoms with E-state index in [2.05, 4.69) is 0 Å². The number of hydrogen-bond acceptors (Lipinski definition) is 3. The molecule has 1 unspecified atom stereocenters. The van der Waals surface area contributed by atoms with Gasteiger partial charge in [-0.15, -0.1) is 0 Å². The van der Waals surface area contributed by atoms with Crippen LogP contribution in [0.4, 0.5) is 5.69 Å². The summed E-state index contributed by atoms with van der Waals surface area (Å²) in [5.41, 5.74) is 6.48. The van der Waals surface area contributed by atoms with E-state index in [9.17, 15) is 4.79 Å². The second-order valence-corrected chi connectivity index (χ2v) is 5.07. The Morgan fingerprint density at radius 3 is 2.83 bits per heavy atom. The summed E-state index contributed by atoms with van der Waals surface area (Å²) in [6.07, 6.45) is 0. The fourth-order valence-electron chi connectivity index (χ4n) is 1.93. The van der Waals surface area contributed by atoms with E-state index in [1.54, 1.807) is 17.0 Å². The van der Waals surface area contributed by atoms with Crippen LogP contribution in [0.25, 0.3) is 0 Å². The predicted octanol–water partition coefficient (Wildman–Crippen LogP) is 2.44. The van der Waals surface area contributed by atoms with E-state index >= 15 is 0 Å². The molecule has 6 heteroatoms. The molecule has 0 aliphatic carbocycles. The Morgan fingerprint density at radius 1 is 1.50 bits per heavy atom. The number of morpholine rings is 1. The molecule has 0 aromatic heterocycles. The van der Waals surface area contributed by atoms with E-state index in [0.29, 0.717) is 36.0 Å². The topological polar surface area (TPSA) is 55.6 Å². The van der Waals surface area contributed by atoms with Crippen LogP contribution in [0.5, 0.6) is 0 Å². The Balaban J connectivity index is 2.28. The zero-order chi connectivity index (χ0) is 13.3. The lowest BCUT2D eigenvalue weighted by Gasteiger charge is -2.33. The van der Waals surface area contributed by atoms with Crippen molar-refractivity contribution in [2.24, 2.45) is 0 Å². The molecule has 18 heavy (non-hydrogen) atoms. The first-order chi connectivity index (χ1) is 8.50. The van der Waals surface area contributed by atoms with E-state index in [1.165, 1.54) is 0 Å². The molecule has 2 N–H and O–H groups in total. The third kappa shape index (κ3) is 2.55. The standard InChI is InChI=1S/C12H14Cl2N2O2/c1-7-6-18-3-2-16(7)12(17)8-4-9(13)11(14)10(15)5-8/h4-5,7H,2-3,6,15H2,1H3. The van der Waals surface area contributed by atoms with Crippen molar-refractivity contribution >= 4 is 34.8 Å². The van der Waals surface area contributed by atoms with Crippen molar-refractivity contribution in [2.45, 2.75) is 13.0 Å². The number of hydrogen-bond donors (Lipinski definition) is 1. The Hall–Kier alpha value is -0.970. The largest absolute Gasteiger partial charge is 0.397 e. The monoisotopic (exact) mass is 288 g/mol. The van der Waals surface area contributed by atoms with Gasteiger partial charge in [-0.3, -0.25) is 4.79 Å². The van der Waals surface area contributed by atoms with Crippen LogP contribution in [0.15, 0.2) is 12.1 Å². The Bertz CT molecular complexity index is 456. The smallest absolute Gasteiger partial charge is 0.254 e. The maximum atomic E-state index is 12.3. The van der Waals surface area contributed by atoms with Crippen LogP contribution in [0.2, 0.25) is 10.0 Å². The average Bonchev–Trinajstić information content (AvgIpc) is 2.35. The molecule has 0 radical (unpaired) electrons. The van der Waals surface area contributed by atoms with Gasteiger partial charge in [-0.1, -0.05) is 23.2 Å². The van der Waals surface area contributed by atoms with E-state index < -0.39 is 0 Å². The van der Waals surface area contributed by atoms with Crippen molar-refractivity contribution in [3.63, 3.8) is 0 Å². The molecule has 1 aliphatic heterocycles. The summed E-state index contributed by atoms with van der Waals surface area (Å²) < 4.78 is 5.30. The maximum Gasteiger partial charge on any atom is 0.254 e. The molecule has 1 heterocycles. The van der Waals surface area contributed by atoms with Gasteiger partial charge in [0.1, 0.15) is 0 Å². The van der Waals surface area contributed by atoms with Crippen LogP contribution in [0.3, 0.4) is 0 Å². The lowest BCUT2D eigenvalue weighted by molar-refractivity contribution is 0.00360. The quantitative estimate of drug-likeness (QED) is 0.808. The number of nitrogen functional groups attached to an aromatic ring is 1. The molecule has 0 bridgehead atoms. The van der Waals surface area contributed by atoms with Crippen molar-refractivity contribution < 1.29 is 9.53 Å². The molecule has 1 aromatic rings. The number of nitrogens with two attached hydrogens (primary N) is 1. The Kier molecular flexibility index (Phi) is 4.00. The van der Waals surface area contributed by atoms with Gasteiger partial charge < -0.3 is 15.4 Å². The fraction of sp³-hybridized carbons (Fsp3) is 0.417. The number of amides is 1. The zero-order valence-corrected chi connectivity index (χ0v) is 11.5. The highest BCUT2D eigenvalue weighted by Crippen LogP contribution is 2.30. The van der Waals surface area contributed by atoms with E-state index in [4.69, 9.17) is 33.7 Å². The third-order valence-corrected chi connectivity index (χ3v) is 3.75. The lowest BCUT2D eigenvalue weighted by atomic mass is 10.1. The fourth-order valence-corrected chi connectivity index (χ4v) is 2.26. The number of benzene rings is 1. The number of halogens is 2. The molecule has 1 aliphatic rings. The molecular formula is C12H14Cl2N2O2. The molecule has 1 fully saturated rings. The first-order valence-electron chi connectivity index (χ1n) is 5.64. The van der Waals surface area contributed by atoms with Crippen LogP contribution in [-0.2, 0) is 4.74 Å². The van der Waals surface area contributed by atoms with Crippen LogP contribution < -0.4 is 5.73 Å². The molecule has 4 nitrogen and oxygen atoms in total. The molecule has 1 aromatic carbocycles.